The molecule has 1 N–H and O–H groups in total. The number of aromatic nitrogens is 2. The van der Waals surface area contributed by atoms with Crippen molar-refractivity contribution in [3.63, 3.8) is 0 Å². The lowest BCUT2D eigenvalue weighted by Crippen LogP contribution is -1.86. The van der Waals surface area contributed by atoms with Crippen molar-refractivity contribution >= 4 is 0 Å². The van der Waals surface area contributed by atoms with Crippen molar-refractivity contribution < 1.29 is 9.13 Å². The minimum atomic E-state index is -0.281. The van der Waals surface area contributed by atoms with Crippen molar-refractivity contribution in [3.8, 4) is 11.8 Å². The summed E-state index contributed by atoms with van der Waals surface area (Å²) in [6.07, 6.45) is 2.60. The third kappa shape index (κ3) is 2.34. The summed E-state index contributed by atoms with van der Waals surface area (Å²) in [4.78, 5) is 7.03. The molecule has 0 aliphatic heterocycles. The van der Waals surface area contributed by atoms with Crippen molar-refractivity contribution in [1.29, 1.82) is 0 Å². The lowest BCUT2D eigenvalue weighted by Gasteiger charge is -2.00. The summed E-state index contributed by atoms with van der Waals surface area (Å²) in [6.45, 7) is 2.02. The van der Waals surface area contributed by atoms with Gasteiger partial charge >= 0.3 is 0 Å². The fourth-order valence-electron chi connectivity index (χ4n) is 1.18. The van der Waals surface area contributed by atoms with Crippen molar-refractivity contribution in [2.45, 2.75) is 13.3 Å². The molecule has 0 bridgehead atoms. The van der Waals surface area contributed by atoms with Crippen LogP contribution in [0.1, 0.15) is 12.6 Å². The van der Waals surface area contributed by atoms with Crippen molar-refractivity contribution in [2.75, 3.05) is 0 Å². The van der Waals surface area contributed by atoms with Crippen LogP contribution in [0.15, 0.2) is 30.5 Å². The van der Waals surface area contributed by atoms with Crippen molar-refractivity contribution in [1.82, 2.24) is 9.97 Å². The maximum atomic E-state index is 12.6. The highest BCUT2D eigenvalue weighted by atomic mass is 19.1. The summed E-state index contributed by atoms with van der Waals surface area (Å²) in [5.74, 6) is 0.282. The molecule has 2 aromatic rings. The molecule has 0 atom stereocenters. The summed E-state index contributed by atoms with van der Waals surface area (Å²) in [5.41, 5.74) is 1.01. The van der Waals surface area contributed by atoms with Crippen LogP contribution in [0.5, 0.6) is 11.8 Å². The molecule has 2 rings (SSSR count). The molecule has 15 heavy (non-hydrogen) atoms. The highest BCUT2D eigenvalue weighted by molar-refractivity contribution is 5.25. The van der Waals surface area contributed by atoms with Crippen LogP contribution in [0, 0.1) is 5.82 Å². The zero-order valence-corrected chi connectivity index (χ0v) is 8.33. The Balaban J connectivity index is 2.11. The molecule has 1 heterocycles. The number of benzene rings is 1. The Kier molecular flexibility index (Phi) is 2.67. The number of imidazole rings is 1. The minimum absolute atomic E-state index is 0.281. The lowest BCUT2D eigenvalue weighted by atomic mass is 10.3. The number of aryl methyl sites for hydroxylation is 1. The minimum Gasteiger partial charge on any atom is -0.426 e. The Morgan fingerprint density at radius 3 is 2.67 bits per heavy atom. The summed E-state index contributed by atoms with van der Waals surface area (Å²) in [6, 6.07) is 6.24. The number of H-pyrrole nitrogens is 1. The van der Waals surface area contributed by atoms with Crippen molar-refractivity contribution in [3.05, 3.63) is 42.0 Å². The number of rotatable bonds is 3. The maximum absolute atomic E-state index is 12.6. The number of ether oxygens (including phenoxy) is 1. The van der Waals surface area contributed by atoms with E-state index in [1.165, 1.54) is 12.1 Å². The van der Waals surface area contributed by atoms with Crippen LogP contribution in [0.3, 0.4) is 0 Å². The standard InChI is InChI=1S/C11H11FN2O/c1-2-9-7-13-11(14-9)15-10-5-3-8(12)4-6-10/h3-7H,2H2,1H3,(H,13,14). The Morgan fingerprint density at radius 1 is 1.33 bits per heavy atom. The smallest absolute Gasteiger partial charge is 0.299 e. The van der Waals surface area contributed by atoms with Gasteiger partial charge in [0.05, 0.1) is 6.20 Å². The highest BCUT2D eigenvalue weighted by Crippen LogP contribution is 2.18. The van der Waals surface area contributed by atoms with Gasteiger partial charge in [-0.2, -0.15) is 0 Å². The fourth-order valence-corrected chi connectivity index (χ4v) is 1.18. The molecule has 0 radical (unpaired) electrons. The second-order valence-corrected chi connectivity index (χ2v) is 3.12. The van der Waals surface area contributed by atoms with Gasteiger partial charge < -0.3 is 9.72 Å². The van der Waals surface area contributed by atoms with Crippen LogP contribution in [0.4, 0.5) is 4.39 Å². The first-order valence-corrected chi connectivity index (χ1v) is 4.75. The zero-order valence-electron chi connectivity index (χ0n) is 8.33. The largest absolute Gasteiger partial charge is 0.426 e. The van der Waals surface area contributed by atoms with Gasteiger partial charge in [-0.25, -0.2) is 9.37 Å². The Bertz CT molecular complexity index is 436. The number of aromatic amines is 1. The Labute approximate surface area is 86.9 Å². The van der Waals surface area contributed by atoms with E-state index in [0.29, 0.717) is 11.8 Å². The molecule has 0 saturated heterocycles. The first-order valence-electron chi connectivity index (χ1n) is 4.75. The lowest BCUT2D eigenvalue weighted by molar-refractivity contribution is 0.445. The van der Waals surface area contributed by atoms with Crippen LogP contribution >= 0.6 is 0 Å². The van der Waals surface area contributed by atoms with Crippen LogP contribution in [0.25, 0.3) is 0 Å². The Morgan fingerprint density at radius 2 is 2.07 bits per heavy atom. The van der Waals surface area contributed by atoms with Gasteiger partial charge in [-0.15, -0.1) is 0 Å². The highest BCUT2D eigenvalue weighted by Gasteiger charge is 2.01. The molecule has 0 spiro atoms. The number of nitrogens with one attached hydrogen (secondary N) is 1. The number of hydrogen-bond donors (Lipinski definition) is 1. The monoisotopic (exact) mass is 206 g/mol. The van der Waals surface area contributed by atoms with Gasteiger partial charge in [0, 0.05) is 5.69 Å². The topological polar surface area (TPSA) is 37.9 Å². The Hall–Kier alpha value is -1.84. The number of halogens is 1. The van der Waals surface area contributed by atoms with Crippen LogP contribution in [0.2, 0.25) is 0 Å². The third-order valence-corrected chi connectivity index (χ3v) is 2.01. The average Bonchev–Trinajstić information content (AvgIpc) is 2.69. The van der Waals surface area contributed by atoms with Gasteiger partial charge in [-0.3, -0.25) is 0 Å². The fraction of sp³-hybridized carbons (Fsp3) is 0.182. The van der Waals surface area contributed by atoms with E-state index in [1.807, 2.05) is 6.92 Å². The molecule has 4 heteroatoms. The van der Waals surface area contributed by atoms with Gasteiger partial charge in [0.2, 0.25) is 0 Å². The molecule has 3 nitrogen and oxygen atoms in total. The second-order valence-electron chi connectivity index (χ2n) is 3.12. The molecule has 1 aromatic heterocycles. The molecule has 0 aliphatic carbocycles. The number of nitrogens with zero attached hydrogens (tertiary/aromatic N) is 1. The molecule has 0 saturated carbocycles. The predicted molar refractivity (Wildman–Crippen MR) is 54.4 cm³/mol. The molecule has 0 unspecified atom stereocenters. The third-order valence-electron chi connectivity index (χ3n) is 2.01. The summed E-state index contributed by atoms with van der Waals surface area (Å²) < 4.78 is 18.0. The van der Waals surface area contributed by atoms with Crippen LogP contribution in [-0.4, -0.2) is 9.97 Å². The second kappa shape index (κ2) is 4.13. The molecule has 78 valence electrons. The van der Waals surface area contributed by atoms with Crippen molar-refractivity contribution in [2.24, 2.45) is 0 Å². The van der Waals surface area contributed by atoms with E-state index in [9.17, 15) is 4.39 Å². The van der Waals surface area contributed by atoms with Crippen LogP contribution in [-0.2, 0) is 6.42 Å². The molecule has 0 fully saturated rings. The van der Waals surface area contributed by atoms with E-state index in [1.54, 1.807) is 18.3 Å². The van der Waals surface area contributed by atoms with Gasteiger partial charge in [0.15, 0.2) is 0 Å². The predicted octanol–water partition coefficient (Wildman–Crippen LogP) is 2.90. The van der Waals surface area contributed by atoms with Gasteiger partial charge in [0.1, 0.15) is 11.6 Å². The zero-order chi connectivity index (χ0) is 10.7. The first kappa shape index (κ1) is 9.71. The van der Waals surface area contributed by atoms with E-state index in [4.69, 9.17) is 4.74 Å². The van der Waals surface area contributed by atoms with E-state index >= 15 is 0 Å². The van der Waals surface area contributed by atoms with Gasteiger partial charge in [0.25, 0.3) is 6.01 Å². The SMILES string of the molecule is CCc1cnc(Oc2ccc(F)cc2)[nH]1. The molecule has 0 aliphatic rings. The molecule has 1 aromatic carbocycles. The van der Waals surface area contributed by atoms with E-state index < -0.39 is 0 Å². The van der Waals surface area contributed by atoms with Crippen LogP contribution < -0.4 is 4.74 Å². The van der Waals surface area contributed by atoms with E-state index in [2.05, 4.69) is 9.97 Å². The first-order chi connectivity index (χ1) is 7.28. The van der Waals surface area contributed by atoms with Gasteiger partial charge in [-0.1, -0.05) is 6.92 Å². The summed E-state index contributed by atoms with van der Waals surface area (Å²) >= 11 is 0. The average molecular weight is 206 g/mol. The molecular formula is C11H11FN2O. The summed E-state index contributed by atoms with van der Waals surface area (Å²) in [5, 5.41) is 0. The van der Waals surface area contributed by atoms with E-state index in [0.717, 1.165) is 12.1 Å². The molecular weight excluding hydrogens is 195 g/mol. The maximum Gasteiger partial charge on any atom is 0.299 e. The summed E-state index contributed by atoms with van der Waals surface area (Å²) in [7, 11) is 0. The normalized spacial score (nSPS) is 10.3. The van der Waals surface area contributed by atoms with Gasteiger partial charge in [-0.05, 0) is 30.7 Å². The molecule has 0 amide bonds. The van der Waals surface area contributed by atoms with E-state index in [-0.39, 0.29) is 5.82 Å². The number of hydrogen-bond acceptors (Lipinski definition) is 2. The quantitative estimate of drug-likeness (QED) is 0.838.